The smallest absolute Gasteiger partial charge is 0.169 e. The minimum absolute atomic E-state index is 0.396. The van der Waals surface area contributed by atoms with Gasteiger partial charge in [-0.2, -0.15) is 5.26 Å². The van der Waals surface area contributed by atoms with Crippen LogP contribution in [0.5, 0.6) is 0 Å². The van der Waals surface area contributed by atoms with Crippen LogP contribution in [0.2, 0.25) is 0 Å². The highest BCUT2D eigenvalue weighted by atomic mass is 19.1. The first-order valence-corrected chi connectivity index (χ1v) is 5.45. The van der Waals surface area contributed by atoms with E-state index in [1.54, 1.807) is 0 Å². The summed E-state index contributed by atoms with van der Waals surface area (Å²) in [6, 6.07) is 7.48. The molecule has 0 aromatic heterocycles. The second-order valence-electron chi connectivity index (χ2n) is 4.41. The molecule has 0 heterocycles. The van der Waals surface area contributed by atoms with Crippen molar-refractivity contribution in [3.05, 3.63) is 35.6 Å². The molecule has 1 aliphatic rings. The van der Waals surface area contributed by atoms with Gasteiger partial charge < -0.3 is 5.11 Å². The first-order valence-electron chi connectivity index (χ1n) is 5.45. The van der Waals surface area contributed by atoms with Crippen molar-refractivity contribution in [2.24, 2.45) is 5.41 Å². The van der Waals surface area contributed by atoms with E-state index >= 15 is 0 Å². The Balaban J connectivity index is 2.49. The molecule has 1 saturated carbocycles. The van der Waals surface area contributed by atoms with Crippen molar-refractivity contribution in [1.29, 1.82) is 5.26 Å². The summed E-state index contributed by atoms with van der Waals surface area (Å²) in [7, 11) is 0. The molecule has 0 unspecified atom stereocenters. The lowest BCUT2D eigenvalue weighted by molar-refractivity contribution is -0.0530. The summed E-state index contributed by atoms with van der Waals surface area (Å²) < 4.78 is 12.9. The zero-order valence-corrected chi connectivity index (χ0v) is 9.28. The standard InChI is InChI=1S/C14H12FNO/c1-2-14(17,13(10-16)8-3-9-13)11-4-6-12(15)7-5-11/h1,4-7,17H,3,8-9H2/t14-/m0/s1. The number of terminal acetylenes is 1. The van der Waals surface area contributed by atoms with Gasteiger partial charge in [0.25, 0.3) is 0 Å². The predicted octanol–water partition coefficient (Wildman–Crippen LogP) is 2.34. The quantitative estimate of drug-likeness (QED) is 0.791. The lowest BCUT2D eigenvalue weighted by atomic mass is 9.58. The van der Waals surface area contributed by atoms with Gasteiger partial charge in [0.2, 0.25) is 0 Å². The molecule has 0 aliphatic heterocycles. The van der Waals surface area contributed by atoms with Crippen molar-refractivity contribution >= 4 is 0 Å². The van der Waals surface area contributed by atoms with Crippen LogP contribution in [0.4, 0.5) is 4.39 Å². The van der Waals surface area contributed by atoms with Crippen molar-refractivity contribution in [3.63, 3.8) is 0 Å². The van der Waals surface area contributed by atoms with E-state index in [1.165, 1.54) is 24.3 Å². The molecule has 2 rings (SSSR count). The Hall–Kier alpha value is -1.84. The third-order valence-electron chi connectivity index (χ3n) is 3.58. The van der Waals surface area contributed by atoms with Crippen LogP contribution < -0.4 is 0 Å². The normalized spacial score (nSPS) is 20.5. The second-order valence-corrected chi connectivity index (χ2v) is 4.41. The summed E-state index contributed by atoms with van der Waals surface area (Å²) in [5, 5.41) is 19.8. The van der Waals surface area contributed by atoms with Gasteiger partial charge in [-0.05, 0) is 37.0 Å². The van der Waals surface area contributed by atoms with Gasteiger partial charge in [-0.25, -0.2) is 4.39 Å². The highest BCUT2D eigenvalue weighted by Gasteiger charge is 2.55. The summed E-state index contributed by atoms with van der Waals surface area (Å²) in [6.45, 7) is 0. The van der Waals surface area contributed by atoms with Crippen LogP contribution in [-0.2, 0) is 5.60 Å². The maximum atomic E-state index is 12.9. The summed E-state index contributed by atoms with van der Waals surface area (Å²) >= 11 is 0. The fourth-order valence-corrected chi connectivity index (χ4v) is 2.27. The van der Waals surface area contributed by atoms with Crippen molar-refractivity contribution in [3.8, 4) is 18.4 Å². The topological polar surface area (TPSA) is 44.0 Å². The van der Waals surface area contributed by atoms with Crippen LogP contribution in [0, 0.1) is 34.9 Å². The minimum Gasteiger partial charge on any atom is -0.372 e. The zero-order chi connectivity index (χ0) is 12.5. The molecule has 1 aromatic carbocycles. The molecular weight excluding hydrogens is 217 g/mol. The average molecular weight is 229 g/mol. The Morgan fingerprint density at radius 1 is 1.35 bits per heavy atom. The number of nitriles is 1. The Labute approximate surface area is 99.7 Å². The van der Waals surface area contributed by atoms with E-state index in [0.717, 1.165) is 6.42 Å². The molecule has 17 heavy (non-hydrogen) atoms. The molecule has 0 spiro atoms. The third-order valence-corrected chi connectivity index (χ3v) is 3.58. The van der Waals surface area contributed by atoms with Crippen LogP contribution in [0.15, 0.2) is 24.3 Å². The lowest BCUT2D eigenvalue weighted by Crippen LogP contribution is -2.48. The Morgan fingerprint density at radius 2 is 1.94 bits per heavy atom. The van der Waals surface area contributed by atoms with Crippen LogP contribution in [-0.4, -0.2) is 5.11 Å². The van der Waals surface area contributed by atoms with Gasteiger partial charge >= 0.3 is 0 Å². The van der Waals surface area contributed by atoms with Crippen molar-refractivity contribution in [2.45, 2.75) is 24.9 Å². The average Bonchev–Trinajstić information content (AvgIpc) is 2.28. The van der Waals surface area contributed by atoms with Gasteiger partial charge in [-0.15, -0.1) is 6.42 Å². The maximum Gasteiger partial charge on any atom is 0.169 e. The Bertz CT molecular complexity index is 505. The molecule has 1 aromatic rings. The van der Waals surface area contributed by atoms with E-state index in [1.807, 2.05) is 0 Å². The zero-order valence-electron chi connectivity index (χ0n) is 9.28. The third kappa shape index (κ3) is 1.52. The molecule has 0 amide bonds. The van der Waals surface area contributed by atoms with E-state index in [-0.39, 0.29) is 0 Å². The number of halogens is 1. The summed E-state index contributed by atoms with van der Waals surface area (Å²) in [4.78, 5) is 0. The predicted molar refractivity (Wildman–Crippen MR) is 61.0 cm³/mol. The van der Waals surface area contributed by atoms with Crippen LogP contribution in [0.1, 0.15) is 24.8 Å². The number of hydrogen-bond acceptors (Lipinski definition) is 2. The number of hydrogen-bond donors (Lipinski definition) is 1. The van der Waals surface area contributed by atoms with Crippen molar-refractivity contribution < 1.29 is 9.50 Å². The van der Waals surface area contributed by atoms with Crippen LogP contribution in [0.3, 0.4) is 0 Å². The molecule has 0 bridgehead atoms. The monoisotopic (exact) mass is 229 g/mol. The molecule has 2 nitrogen and oxygen atoms in total. The summed E-state index contributed by atoms with van der Waals surface area (Å²) in [5.41, 5.74) is -2.16. The van der Waals surface area contributed by atoms with Gasteiger partial charge in [0, 0.05) is 0 Å². The highest BCUT2D eigenvalue weighted by molar-refractivity contribution is 5.38. The van der Waals surface area contributed by atoms with E-state index in [9.17, 15) is 14.8 Å². The second kappa shape index (κ2) is 3.87. The fourth-order valence-electron chi connectivity index (χ4n) is 2.27. The van der Waals surface area contributed by atoms with Gasteiger partial charge in [0.05, 0.1) is 6.07 Å². The number of benzene rings is 1. The van der Waals surface area contributed by atoms with Gasteiger partial charge in [-0.1, -0.05) is 18.1 Å². The molecule has 3 heteroatoms. The van der Waals surface area contributed by atoms with E-state index < -0.39 is 16.8 Å². The van der Waals surface area contributed by atoms with E-state index in [4.69, 9.17) is 6.42 Å². The van der Waals surface area contributed by atoms with Crippen LogP contribution in [0.25, 0.3) is 0 Å². The number of rotatable bonds is 2. The van der Waals surface area contributed by atoms with Crippen molar-refractivity contribution in [2.75, 3.05) is 0 Å². The molecule has 86 valence electrons. The Kier molecular flexibility index (Phi) is 2.65. The van der Waals surface area contributed by atoms with E-state index in [0.29, 0.717) is 18.4 Å². The number of aliphatic hydroxyl groups is 1. The first-order chi connectivity index (χ1) is 8.08. The van der Waals surface area contributed by atoms with Gasteiger partial charge in [-0.3, -0.25) is 0 Å². The first kappa shape index (κ1) is 11.6. The molecule has 1 N–H and O–H groups in total. The summed E-state index contributed by atoms with van der Waals surface area (Å²) in [6.07, 6.45) is 7.42. The van der Waals surface area contributed by atoms with Crippen molar-refractivity contribution in [1.82, 2.24) is 0 Å². The molecule has 1 fully saturated rings. The molecule has 1 aliphatic carbocycles. The lowest BCUT2D eigenvalue weighted by Gasteiger charge is -2.45. The minimum atomic E-state index is -1.63. The summed E-state index contributed by atoms with van der Waals surface area (Å²) in [5.74, 6) is 1.92. The molecule has 0 radical (unpaired) electrons. The largest absolute Gasteiger partial charge is 0.372 e. The fraction of sp³-hybridized carbons (Fsp3) is 0.357. The SMILES string of the molecule is C#C[C@](O)(c1ccc(F)cc1)C1(C#N)CCC1. The van der Waals surface area contributed by atoms with Gasteiger partial charge in [0.1, 0.15) is 11.2 Å². The maximum absolute atomic E-state index is 12.9. The number of nitrogens with zero attached hydrogens (tertiary/aromatic N) is 1. The molecular formula is C14H12FNO. The molecule has 1 atom stereocenters. The van der Waals surface area contributed by atoms with Crippen LogP contribution >= 0.6 is 0 Å². The van der Waals surface area contributed by atoms with Gasteiger partial charge in [0.15, 0.2) is 5.60 Å². The Morgan fingerprint density at radius 3 is 2.29 bits per heavy atom. The van der Waals surface area contributed by atoms with E-state index in [2.05, 4.69) is 12.0 Å². The highest BCUT2D eigenvalue weighted by Crippen LogP contribution is 2.53. The molecule has 0 saturated heterocycles.